The number of benzene rings is 1. The molecule has 1 aromatic heterocycles. The van der Waals surface area contributed by atoms with Crippen LogP contribution >= 0.6 is 0 Å². The minimum atomic E-state index is -0.145. The number of aryl methyl sites for hydroxylation is 2. The van der Waals surface area contributed by atoms with Crippen LogP contribution in [0.5, 0.6) is 0 Å². The molecule has 0 atom stereocenters. The molecule has 0 amide bonds. The number of esters is 1. The maximum Gasteiger partial charge on any atom is 0.305 e. The molecular formula is C15H17NO2. The SMILES string of the molecule is COC(=O)CCCc1ccc2ncc(C)cc2c1. The molecule has 3 heteroatoms. The predicted molar refractivity (Wildman–Crippen MR) is 71.4 cm³/mol. The van der Waals surface area contributed by atoms with E-state index >= 15 is 0 Å². The molecule has 18 heavy (non-hydrogen) atoms. The molecule has 1 aromatic carbocycles. The van der Waals surface area contributed by atoms with Gasteiger partial charge in [-0.05, 0) is 49.1 Å². The second-order valence-corrected chi connectivity index (χ2v) is 4.47. The molecule has 0 saturated carbocycles. The van der Waals surface area contributed by atoms with Gasteiger partial charge in [0.05, 0.1) is 12.6 Å². The second kappa shape index (κ2) is 5.63. The highest BCUT2D eigenvalue weighted by Crippen LogP contribution is 2.16. The predicted octanol–water partition coefficient (Wildman–Crippen LogP) is 3.04. The first-order chi connectivity index (χ1) is 8.69. The Labute approximate surface area is 107 Å². The number of methoxy groups -OCH3 is 1. The zero-order valence-corrected chi connectivity index (χ0v) is 10.8. The number of carbonyl (C=O) groups excluding carboxylic acids is 1. The Morgan fingerprint density at radius 3 is 2.94 bits per heavy atom. The molecule has 2 aromatic rings. The molecule has 2 rings (SSSR count). The zero-order valence-electron chi connectivity index (χ0n) is 10.8. The van der Waals surface area contributed by atoms with Crippen molar-refractivity contribution in [1.29, 1.82) is 0 Å². The summed E-state index contributed by atoms with van der Waals surface area (Å²) in [6, 6.07) is 8.38. The molecule has 0 aliphatic carbocycles. The van der Waals surface area contributed by atoms with E-state index < -0.39 is 0 Å². The van der Waals surface area contributed by atoms with Crippen molar-refractivity contribution in [2.45, 2.75) is 26.2 Å². The fourth-order valence-corrected chi connectivity index (χ4v) is 1.99. The summed E-state index contributed by atoms with van der Waals surface area (Å²) in [5.74, 6) is -0.145. The lowest BCUT2D eigenvalue weighted by atomic mass is 10.0. The first-order valence-electron chi connectivity index (χ1n) is 6.11. The lowest BCUT2D eigenvalue weighted by molar-refractivity contribution is -0.140. The van der Waals surface area contributed by atoms with Crippen LogP contribution < -0.4 is 0 Å². The summed E-state index contributed by atoms with van der Waals surface area (Å²) in [6.07, 6.45) is 4.05. The molecule has 0 unspecified atom stereocenters. The van der Waals surface area contributed by atoms with Crippen LogP contribution in [-0.4, -0.2) is 18.1 Å². The first-order valence-corrected chi connectivity index (χ1v) is 6.11. The van der Waals surface area contributed by atoms with E-state index in [-0.39, 0.29) is 5.97 Å². The van der Waals surface area contributed by atoms with Crippen molar-refractivity contribution in [2.24, 2.45) is 0 Å². The van der Waals surface area contributed by atoms with E-state index in [4.69, 9.17) is 0 Å². The second-order valence-electron chi connectivity index (χ2n) is 4.47. The summed E-state index contributed by atoms with van der Waals surface area (Å²) in [4.78, 5) is 15.4. The van der Waals surface area contributed by atoms with Gasteiger partial charge in [-0.25, -0.2) is 0 Å². The van der Waals surface area contributed by atoms with Crippen molar-refractivity contribution in [1.82, 2.24) is 4.98 Å². The minimum absolute atomic E-state index is 0.145. The van der Waals surface area contributed by atoms with Gasteiger partial charge in [0.25, 0.3) is 0 Å². The maximum absolute atomic E-state index is 11.0. The van der Waals surface area contributed by atoms with Crippen LogP contribution in [0.1, 0.15) is 24.0 Å². The molecule has 1 heterocycles. The van der Waals surface area contributed by atoms with Gasteiger partial charge in [-0.1, -0.05) is 6.07 Å². The lowest BCUT2D eigenvalue weighted by Gasteiger charge is -2.04. The van der Waals surface area contributed by atoms with Crippen molar-refractivity contribution >= 4 is 16.9 Å². The van der Waals surface area contributed by atoms with Crippen molar-refractivity contribution in [3.05, 3.63) is 41.6 Å². The van der Waals surface area contributed by atoms with Gasteiger partial charge in [-0.3, -0.25) is 9.78 Å². The molecule has 0 radical (unpaired) electrons. The largest absolute Gasteiger partial charge is 0.469 e. The van der Waals surface area contributed by atoms with Gasteiger partial charge in [0.1, 0.15) is 0 Å². The Balaban J connectivity index is 2.07. The molecular weight excluding hydrogens is 226 g/mol. The Morgan fingerprint density at radius 2 is 2.17 bits per heavy atom. The Hall–Kier alpha value is -1.90. The average Bonchev–Trinajstić information content (AvgIpc) is 2.38. The molecule has 0 spiro atoms. The van der Waals surface area contributed by atoms with Gasteiger partial charge >= 0.3 is 5.97 Å². The number of ether oxygens (including phenoxy) is 1. The third-order valence-electron chi connectivity index (χ3n) is 2.96. The number of rotatable bonds is 4. The Kier molecular flexibility index (Phi) is 3.92. The summed E-state index contributed by atoms with van der Waals surface area (Å²) in [5.41, 5.74) is 3.41. The molecule has 0 bridgehead atoms. The molecule has 3 nitrogen and oxygen atoms in total. The first kappa shape index (κ1) is 12.6. The molecule has 0 fully saturated rings. The third-order valence-corrected chi connectivity index (χ3v) is 2.96. The van der Waals surface area contributed by atoms with Crippen molar-refractivity contribution in [3.63, 3.8) is 0 Å². The summed E-state index contributed by atoms with van der Waals surface area (Å²) in [7, 11) is 1.42. The Bertz CT molecular complexity index is 563. The minimum Gasteiger partial charge on any atom is -0.469 e. The molecule has 0 aliphatic rings. The van der Waals surface area contributed by atoms with Crippen molar-refractivity contribution < 1.29 is 9.53 Å². The van der Waals surface area contributed by atoms with E-state index in [2.05, 4.69) is 27.9 Å². The van der Waals surface area contributed by atoms with Crippen molar-refractivity contribution in [2.75, 3.05) is 7.11 Å². The van der Waals surface area contributed by atoms with Gasteiger partial charge in [0.15, 0.2) is 0 Å². The smallest absolute Gasteiger partial charge is 0.305 e. The van der Waals surface area contributed by atoms with Gasteiger partial charge in [-0.15, -0.1) is 0 Å². The maximum atomic E-state index is 11.0. The fraction of sp³-hybridized carbons (Fsp3) is 0.333. The summed E-state index contributed by atoms with van der Waals surface area (Å²) < 4.78 is 4.63. The highest BCUT2D eigenvalue weighted by atomic mass is 16.5. The van der Waals surface area contributed by atoms with Gasteiger partial charge < -0.3 is 4.74 Å². The van der Waals surface area contributed by atoms with Crippen LogP contribution in [0, 0.1) is 6.92 Å². The van der Waals surface area contributed by atoms with Crippen LogP contribution in [0.3, 0.4) is 0 Å². The number of pyridine rings is 1. The highest BCUT2D eigenvalue weighted by Gasteiger charge is 2.02. The van der Waals surface area contributed by atoms with Crippen LogP contribution in [-0.2, 0) is 16.0 Å². The quantitative estimate of drug-likeness (QED) is 0.775. The number of carbonyl (C=O) groups is 1. The molecule has 0 N–H and O–H groups in total. The van der Waals surface area contributed by atoms with Crippen LogP contribution in [0.15, 0.2) is 30.5 Å². The van der Waals surface area contributed by atoms with Crippen molar-refractivity contribution in [3.8, 4) is 0 Å². The van der Waals surface area contributed by atoms with E-state index in [1.54, 1.807) is 0 Å². The van der Waals surface area contributed by atoms with E-state index in [0.717, 1.165) is 29.3 Å². The molecule has 0 aliphatic heterocycles. The Morgan fingerprint density at radius 1 is 1.33 bits per heavy atom. The monoisotopic (exact) mass is 243 g/mol. The van der Waals surface area contributed by atoms with Gasteiger partial charge in [-0.2, -0.15) is 0 Å². The lowest BCUT2D eigenvalue weighted by Crippen LogP contribution is -2.00. The van der Waals surface area contributed by atoms with Crippen LogP contribution in [0.2, 0.25) is 0 Å². The summed E-state index contributed by atoms with van der Waals surface area (Å²) >= 11 is 0. The van der Waals surface area contributed by atoms with Gasteiger partial charge in [0.2, 0.25) is 0 Å². The highest BCUT2D eigenvalue weighted by molar-refractivity contribution is 5.79. The number of nitrogens with zero attached hydrogens (tertiary/aromatic N) is 1. The summed E-state index contributed by atoms with van der Waals surface area (Å²) in [5, 5.41) is 1.16. The molecule has 0 saturated heterocycles. The fourth-order valence-electron chi connectivity index (χ4n) is 1.99. The number of fused-ring (bicyclic) bond motifs is 1. The van der Waals surface area contributed by atoms with E-state index in [1.807, 2.05) is 19.2 Å². The van der Waals surface area contributed by atoms with Gasteiger partial charge in [0, 0.05) is 18.0 Å². The van der Waals surface area contributed by atoms with Crippen LogP contribution in [0.25, 0.3) is 10.9 Å². The van der Waals surface area contributed by atoms with E-state index in [9.17, 15) is 4.79 Å². The normalized spacial score (nSPS) is 10.6. The van der Waals surface area contributed by atoms with E-state index in [0.29, 0.717) is 6.42 Å². The number of aromatic nitrogens is 1. The number of hydrogen-bond acceptors (Lipinski definition) is 3. The number of hydrogen-bond donors (Lipinski definition) is 0. The standard InChI is InChI=1S/C15H17NO2/c1-11-8-13-9-12(4-3-5-15(17)18-2)6-7-14(13)16-10-11/h6-10H,3-5H2,1-2H3. The topological polar surface area (TPSA) is 39.2 Å². The third kappa shape index (κ3) is 3.06. The van der Waals surface area contributed by atoms with E-state index in [1.165, 1.54) is 12.7 Å². The average molecular weight is 243 g/mol. The summed E-state index contributed by atoms with van der Waals surface area (Å²) in [6.45, 7) is 2.04. The molecule has 94 valence electrons. The zero-order chi connectivity index (χ0) is 13.0. The van der Waals surface area contributed by atoms with Crippen LogP contribution in [0.4, 0.5) is 0 Å².